The molecule has 20 valence electrons. The Balaban J connectivity index is 2.80. The van der Waals surface area contributed by atoms with Crippen LogP contribution >= 0.6 is 0 Å². The summed E-state index contributed by atoms with van der Waals surface area (Å²) in [4.78, 5) is 0. The Morgan fingerprint density at radius 3 is 2.00 bits per heavy atom. The Labute approximate surface area is 26.4 Å². The average molecular weight is 53.9 g/mol. The third-order valence-corrected chi connectivity index (χ3v) is 0. The van der Waals surface area contributed by atoms with E-state index in [-0.39, 0.29) is 5.66 Å². The van der Waals surface area contributed by atoms with Gasteiger partial charge in [-0.3, -0.25) is 0 Å². The van der Waals surface area contributed by atoms with Crippen molar-refractivity contribution < 1.29 is 5.11 Å². The van der Waals surface area contributed by atoms with Gasteiger partial charge in [-0.25, -0.2) is 0 Å². The number of rotatable bonds is 0. The molecule has 0 saturated carbocycles. The molecule has 2 radical (unpaired) electrons. The van der Waals surface area contributed by atoms with Crippen molar-refractivity contribution in [2.45, 2.75) is 0 Å². The fourth-order valence-electron chi connectivity index (χ4n) is 0. The van der Waals surface area contributed by atoms with E-state index in [2.05, 4.69) is 14.4 Å². The van der Waals surface area contributed by atoms with Crippen LogP contribution in [-0.2, 0) is 0 Å². The maximum absolute atomic E-state index is 7.64. The third-order valence-electron chi connectivity index (χ3n) is 0. The highest BCUT2D eigenvalue weighted by Gasteiger charge is 1.55. The molecule has 0 aliphatic carbocycles. The summed E-state index contributed by atoms with van der Waals surface area (Å²) in [7, 11) is 4.47. The molecule has 0 unspecified atom stereocenters. The molecule has 1 N–H and O–H groups in total. The van der Waals surface area contributed by atoms with Gasteiger partial charge in [-0.05, 0) is 0 Å². The van der Waals surface area contributed by atoms with Gasteiger partial charge >= 0.3 is 0 Å². The second-order valence-corrected chi connectivity index (χ2v) is 0.491. The summed E-state index contributed by atoms with van der Waals surface area (Å²) < 4.78 is 0. The first-order valence-corrected chi connectivity index (χ1v) is 0.866. The van der Waals surface area contributed by atoms with Crippen molar-refractivity contribution in [3.05, 3.63) is 12.2 Å². The molecule has 0 bridgehead atoms. The van der Waals surface area contributed by atoms with Crippen LogP contribution in [0.4, 0.5) is 0 Å². The third kappa shape index (κ3) is 3.76. The fourth-order valence-corrected chi connectivity index (χ4v) is 0. The number of hydrogen-bond donors (Lipinski definition) is 1. The second-order valence-electron chi connectivity index (χ2n) is 0.491. The summed E-state index contributed by atoms with van der Waals surface area (Å²) in [5.41, 5.74) is -0.333. The SMILES string of the molecule is [B]C(=C)O. The van der Waals surface area contributed by atoms with Crippen molar-refractivity contribution in [1.29, 1.82) is 0 Å². The van der Waals surface area contributed by atoms with Gasteiger partial charge in [0.15, 0.2) is 7.85 Å². The molecule has 0 atom stereocenters. The predicted octanol–water partition coefficient (Wildman–Crippen LogP) is 0.184. The van der Waals surface area contributed by atoms with Gasteiger partial charge in [0.2, 0.25) is 0 Å². The average Bonchev–Trinajstić information content (AvgIpc) is 0.811. The number of aliphatic hydroxyl groups is 1. The lowest BCUT2D eigenvalue weighted by molar-refractivity contribution is 0.455. The van der Waals surface area contributed by atoms with Crippen LogP contribution in [0.2, 0.25) is 0 Å². The lowest BCUT2D eigenvalue weighted by Gasteiger charge is -1.68. The van der Waals surface area contributed by atoms with Gasteiger partial charge in [-0.15, -0.1) is 0 Å². The van der Waals surface area contributed by atoms with Gasteiger partial charge in [0.1, 0.15) is 0 Å². The molecule has 0 amide bonds. The molecular weight excluding hydrogens is 50.8 g/mol. The molecule has 1 nitrogen and oxygen atoms in total. The minimum atomic E-state index is -0.333. The summed E-state index contributed by atoms with van der Waals surface area (Å²) in [5.74, 6) is 0. The quantitative estimate of drug-likeness (QED) is 0.309. The van der Waals surface area contributed by atoms with Gasteiger partial charge in [-0.2, -0.15) is 0 Å². The van der Waals surface area contributed by atoms with Crippen LogP contribution in [0, 0.1) is 0 Å². The monoisotopic (exact) mass is 54.0 g/mol. The molecule has 0 aromatic carbocycles. The Kier molecular flexibility index (Phi) is 0.891. The topological polar surface area (TPSA) is 20.2 Å². The Morgan fingerprint density at radius 1 is 2.00 bits per heavy atom. The number of aliphatic hydroxyl groups excluding tert-OH is 1. The van der Waals surface area contributed by atoms with Crippen molar-refractivity contribution in [3.63, 3.8) is 0 Å². The van der Waals surface area contributed by atoms with Crippen LogP contribution in [-0.4, -0.2) is 13.0 Å². The van der Waals surface area contributed by atoms with Crippen LogP contribution in [0.1, 0.15) is 0 Å². The van der Waals surface area contributed by atoms with E-state index in [1.54, 1.807) is 0 Å². The Morgan fingerprint density at radius 2 is 2.00 bits per heavy atom. The van der Waals surface area contributed by atoms with Gasteiger partial charge in [0, 0.05) is 5.66 Å². The molecule has 0 fully saturated rings. The molecule has 0 spiro atoms. The summed E-state index contributed by atoms with van der Waals surface area (Å²) in [5, 5.41) is 7.64. The van der Waals surface area contributed by atoms with E-state index in [1.165, 1.54) is 0 Å². The van der Waals surface area contributed by atoms with Gasteiger partial charge in [0.25, 0.3) is 0 Å². The molecule has 0 aromatic heterocycles. The van der Waals surface area contributed by atoms with E-state index in [4.69, 9.17) is 5.11 Å². The standard InChI is InChI=1S/C2H3BO/c1-2(3)4/h4H,1H2. The van der Waals surface area contributed by atoms with Crippen LogP contribution < -0.4 is 0 Å². The van der Waals surface area contributed by atoms with Crippen LogP contribution in [0.25, 0.3) is 0 Å². The molecule has 0 aliphatic rings. The first-order valence-electron chi connectivity index (χ1n) is 0.866. The molecular formula is C2H3BO. The lowest BCUT2D eigenvalue weighted by atomic mass is 10.1. The Hall–Kier alpha value is -0.395. The predicted molar refractivity (Wildman–Crippen MR) is 17.5 cm³/mol. The zero-order chi connectivity index (χ0) is 3.58. The zero-order valence-electron chi connectivity index (χ0n) is 2.23. The van der Waals surface area contributed by atoms with E-state index in [1.807, 2.05) is 0 Å². The summed E-state index contributed by atoms with van der Waals surface area (Å²) in [6.07, 6.45) is 0. The largest absolute Gasteiger partial charge is 0.525 e. The highest BCUT2D eigenvalue weighted by Crippen LogP contribution is 1.56. The first-order chi connectivity index (χ1) is 1.73. The van der Waals surface area contributed by atoms with E-state index >= 15 is 0 Å². The molecule has 0 heterocycles. The molecule has 0 saturated heterocycles. The fraction of sp³-hybridized carbons (Fsp3) is 0. The highest BCUT2D eigenvalue weighted by atomic mass is 16.3. The van der Waals surface area contributed by atoms with Crippen LogP contribution in [0.3, 0.4) is 0 Å². The van der Waals surface area contributed by atoms with Crippen molar-refractivity contribution >= 4 is 7.85 Å². The summed E-state index contributed by atoms with van der Waals surface area (Å²) >= 11 is 0. The van der Waals surface area contributed by atoms with Crippen molar-refractivity contribution in [1.82, 2.24) is 0 Å². The van der Waals surface area contributed by atoms with Crippen LogP contribution in [0.5, 0.6) is 0 Å². The second kappa shape index (κ2) is 0.989. The Bertz CT molecular complexity index is 29.0. The molecule has 0 rings (SSSR count). The van der Waals surface area contributed by atoms with Gasteiger partial charge in [-0.1, -0.05) is 6.58 Å². The van der Waals surface area contributed by atoms with Gasteiger partial charge in [0.05, 0.1) is 0 Å². The minimum Gasteiger partial charge on any atom is -0.525 e. The minimum absolute atomic E-state index is 0.333. The zero-order valence-corrected chi connectivity index (χ0v) is 2.23. The lowest BCUT2D eigenvalue weighted by Crippen LogP contribution is -1.65. The maximum atomic E-state index is 7.64. The molecule has 0 aromatic rings. The summed E-state index contributed by atoms with van der Waals surface area (Å²) in [6, 6.07) is 0. The van der Waals surface area contributed by atoms with E-state index in [9.17, 15) is 0 Å². The highest BCUT2D eigenvalue weighted by molar-refractivity contribution is 6.19. The van der Waals surface area contributed by atoms with Crippen LogP contribution in [0.15, 0.2) is 12.2 Å². The normalized spacial score (nSPS) is 6.00. The van der Waals surface area contributed by atoms with E-state index < -0.39 is 0 Å². The molecule has 4 heavy (non-hydrogen) atoms. The van der Waals surface area contributed by atoms with Crippen molar-refractivity contribution in [2.75, 3.05) is 0 Å². The first kappa shape index (κ1) is 3.60. The summed E-state index contributed by atoms with van der Waals surface area (Å²) in [6.45, 7) is 2.89. The number of hydrogen-bond acceptors (Lipinski definition) is 1. The van der Waals surface area contributed by atoms with Gasteiger partial charge < -0.3 is 5.11 Å². The van der Waals surface area contributed by atoms with E-state index in [0.29, 0.717) is 0 Å². The maximum Gasteiger partial charge on any atom is 0.165 e. The van der Waals surface area contributed by atoms with Crippen molar-refractivity contribution in [2.24, 2.45) is 0 Å². The molecule has 2 heteroatoms. The smallest absolute Gasteiger partial charge is 0.165 e. The van der Waals surface area contributed by atoms with E-state index in [0.717, 1.165) is 0 Å². The molecule has 0 aliphatic heterocycles. The van der Waals surface area contributed by atoms with Crippen molar-refractivity contribution in [3.8, 4) is 0 Å².